The van der Waals surface area contributed by atoms with Crippen LogP contribution in [0, 0.1) is 20.8 Å². The molecular formula is C19H18ClN3OS. The van der Waals surface area contributed by atoms with Crippen molar-refractivity contribution >= 4 is 39.8 Å². The Morgan fingerprint density at radius 2 is 1.80 bits per heavy atom. The second kappa shape index (κ2) is 7.25. The van der Waals surface area contributed by atoms with Crippen molar-refractivity contribution in [3.63, 3.8) is 0 Å². The van der Waals surface area contributed by atoms with E-state index in [9.17, 15) is 4.79 Å². The van der Waals surface area contributed by atoms with Crippen molar-refractivity contribution in [1.82, 2.24) is 4.98 Å². The van der Waals surface area contributed by atoms with Crippen molar-refractivity contribution in [3.05, 3.63) is 63.5 Å². The molecule has 1 heterocycles. The van der Waals surface area contributed by atoms with E-state index in [4.69, 9.17) is 11.6 Å². The molecule has 0 spiro atoms. The summed E-state index contributed by atoms with van der Waals surface area (Å²) in [5.74, 6) is 0. The summed E-state index contributed by atoms with van der Waals surface area (Å²) in [6, 6.07) is 10.9. The van der Waals surface area contributed by atoms with E-state index in [0.29, 0.717) is 15.8 Å². The van der Waals surface area contributed by atoms with Crippen LogP contribution in [-0.2, 0) is 0 Å². The first-order chi connectivity index (χ1) is 11.9. The molecule has 0 radical (unpaired) electrons. The number of thiazole rings is 1. The maximum absolute atomic E-state index is 12.1. The van der Waals surface area contributed by atoms with Crippen molar-refractivity contribution in [2.75, 3.05) is 10.6 Å². The number of hydrogen-bond acceptors (Lipinski definition) is 3. The van der Waals surface area contributed by atoms with Crippen LogP contribution in [0.25, 0.3) is 11.3 Å². The minimum absolute atomic E-state index is 0.347. The number of aromatic nitrogens is 1. The van der Waals surface area contributed by atoms with Crippen molar-refractivity contribution in [2.24, 2.45) is 0 Å². The van der Waals surface area contributed by atoms with E-state index in [2.05, 4.69) is 48.5 Å². The molecule has 2 N–H and O–H groups in total. The second-order valence-corrected chi connectivity index (χ2v) is 7.20. The minimum Gasteiger partial charge on any atom is -0.308 e. The molecule has 0 aliphatic heterocycles. The summed E-state index contributed by atoms with van der Waals surface area (Å²) in [4.78, 5) is 16.7. The molecule has 0 atom stereocenters. The molecule has 0 unspecified atom stereocenters. The molecule has 1 aromatic heterocycles. The highest BCUT2D eigenvalue weighted by molar-refractivity contribution is 7.14. The molecule has 6 heteroatoms. The zero-order valence-corrected chi connectivity index (χ0v) is 15.8. The van der Waals surface area contributed by atoms with Gasteiger partial charge in [0, 0.05) is 21.7 Å². The van der Waals surface area contributed by atoms with Crippen LogP contribution in [0.1, 0.15) is 16.7 Å². The molecular weight excluding hydrogens is 354 g/mol. The minimum atomic E-state index is -0.347. The lowest BCUT2D eigenvalue weighted by molar-refractivity contribution is 0.262. The van der Waals surface area contributed by atoms with Gasteiger partial charge in [0.15, 0.2) is 5.13 Å². The molecule has 0 saturated carbocycles. The summed E-state index contributed by atoms with van der Waals surface area (Å²) in [6.07, 6.45) is 0. The monoisotopic (exact) mass is 371 g/mol. The Labute approximate surface area is 155 Å². The number of nitrogens with one attached hydrogen (secondary N) is 2. The molecule has 0 aliphatic carbocycles. The molecule has 0 bridgehead atoms. The van der Waals surface area contributed by atoms with Crippen LogP contribution in [0.4, 0.5) is 15.6 Å². The van der Waals surface area contributed by atoms with Crippen molar-refractivity contribution in [3.8, 4) is 11.3 Å². The highest BCUT2D eigenvalue weighted by atomic mass is 35.5. The zero-order valence-electron chi connectivity index (χ0n) is 14.2. The maximum Gasteiger partial charge on any atom is 0.325 e. The number of anilines is 2. The number of halogens is 1. The Hall–Kier alpha value is -2.37. The Kier molecular flexibility index (Phi) is 5.06. The predicted molar refractivity (Wildman–Crippen MR) is 106 cm³/mol. The number of carbonyl (C=O) groups excluding carboxylic acids is 1. The summed E-state index contributed by atoms with van der Waals surface area (Å²) >= 11 is 7.32. The summed E-state index contributed by atoms with van der Waals surface area (Å²) in [6.45, 7) is 6.24. The van der Waals surface area contributed by atoms with E-state index in [0.717, 1.165) is 11.3 Å². The summed E-state index contributed by atoms with van der Waals surface area (Å²) in [5.41, 5.74) is 6.21. The lowest BCUT2D eigenvalue weighted by atomic mass is 9.98. The topological polar surface area (TPSA) is 54.0 Å². The molecule has 2 amide bonds. The van der Waals surface area contributed by atoms with E-state index in [1.165, 1.54) is 28.0 Å². The number of urea groups is 1. The van der Waals surface area contributed by atoms with Crippen LogP contribution < -0.4 is 10.6 Å². The van der Waals surface area contributed by atoms with Gasteiger partial charge in [0.25, 0.3) is 0 Å². The molecule has 0 saturated heterocycles. The van der Waals surface area contributed by atoms with Crippen molar-refractivity contribution < 1.29 is 4.79 Å². The van der Waals surface area contributed by atoms with Gasteiger partial charge >= 0.3 is 6.03 Å². The van der Waals surface area contributed by atoms with Crippen LogP contribution in [0.15, 0.2) is 41.8 Å². The van der Waals surface area contributed by atoms with Crippen LogP contribution >= 0.6 is 22.9 Å². The van der Waals surface area contributed by atoms with Gasteiger partial charge in [0.2, 0.25) is 0 Å². The lowest BCUT2D eigenvalue weighted by Crippen LogP contribution is -2.19. The Morgan fingerprint density at radius 1 is 1.08 bits per heavy atom. The third-order valence-electron chi connectivity index (χ3n) is 3.74. The number of amides is 2. The second-order valence-electron chi connectivity index (χ2n) is 5.90. The highest BCUT2D eigenvalue weighted by Crippen LogP contribution is 2.31. The van der Waals surface area contributed by atoms with E-state index < -0.39 is 0 Å². The number of rotatable bonds is 3. The highest BCUT2D eigenvalue weighted by Gasteiger charge is 2.12. The van der Waals surface area contributed by atoms with Gasteiger partial charge in [0.1, 0.15) is 0 Å². The molecule has 2 aromatic carbocycles. The van der Waals surface area contributed by atoms with Gasteiger partial charge < -0.3 is 5.32 Å². The summed E-state index contributed by atoms with van der Waals surface area (Å²) in [7, 11) is 0. The standard InChI is InChI=1S/C19H18ClN3OS/c1-11-7-12(2)17(13(3)8-11)16-10-25-19(22-16)23-18(24)21-15-6-4-5-14(20)9-15/h4-10H,1-3H3,(H2,21,22,23,24). The Balaban J connectivity index is 1.75. The molecule has 0 fully saturated rings. The molecule has 0 aliphatic rings. The molecule has 4 nitrogen and oxygen atoms in total. The first kappa shape index (κ1) is 17.5. The van der Waals surface area contributed by atoms with E-state index in [-0.39, 0.29) is 6.03 Å². The van der Waals surface area contributed by atoms with Crippen LogP contribution in [0.5, 0.6) is 0 Å². The number of nitrogens with zero attached hydrogens (tertiary/aromatic N) is 1. The van der Waals surface area contributed by atoms with Gasteiger partial charge in [-0.05, 0) is 50.1 Å². The van der Waals surface area contributed by atoms with Gasteiger partial charge in [-0.1, -0.05) is 35.4 Å². The maximum atomic E-state index is 12.1. The van der Waals surface area contributed by atoms with Crippen LogP contribution in [0.2, 0.25) is 5.02 Å². The smallest absolute Gasteiger partial charge is 0.308 e. The SMILES string of the molecule is Cc1cc(C)c(-c2csc(NC(=O)Nc3cccc(Cl)c3)n2)c(C)c1. The summed E-state index contributed by atoms with van der Waals surface area (Å²) in [5, 5.41) is 8.58. The fourth-order valence-corrected chi connectivity index (χ4v) is 3.74. The van der Waals surface area contributed by atoms with E-state index >= 15 is 0 Å². The van der Waals surface area contributed by atoms with E-state index in [1.54, 1.807) is 24.3 Å². The lowest BCUT2D eigenvalue weighted by Gasteiger charge is -2.09. The quantitative estimate of drug-likeness (QED) is 0.590. The first-order valence-electron chi connectivity index (χ1n) is 7.79. The number of aryl methyl sites for hydroxylation is 3. The van der Waals surface area contributed by atoms with Gasteiger partial charge in [-0.25, -0.2) is 9.78 Å². The molecule has 3 aromatic rings. The Morgan fingerprint density at radius 3 is 2.48 bits per heavy atom. The van der Waals surface area contributed by atoms with Gasteiger partial charge in [0.05, 0.1) is 5.69 Å². The van der Waals surface area contributed by atoms with Gasteiger partial charge in [-0.3, -0.25) is 5.32 Å². The van der Waals surface area contributed by atoms with Gasteiger partial charge in [-0.15, -0.1) is 11.3 Å². The third-order valence-corrected chi connectivity index (χ3v) is 4.73. The molecule has 3 rings (SSSR count). The average molecular weight is 372 g/mol. The zero-order chi connectivity index (χ0) is 18.0. The number of benzene rings is 2. The molecule has 128 valence electrons. The number of hydrogen-bond donors (Lipinski definition) is 2. The van der Waals surface area contributed by atoms with Gasteiger partial charge in [-0.2, -0.15) is 0 Å². The fourth-order valence-electron chi connectivity index (χ4n) is 2.86. The van der Waals surface area contributed by atoms with Crippen molar-refractivity contribution in [1.29, 1.82) is 0 Å². The van der Waals surface area contributed by atoms with Crippen molar-refractivity contribution in [2.45, 2.75) is 20.8 Å². The first-order valence-corrected chi connectivity index (χ1v) is 9.05. The van der Waals surface area contributed by atoms with E-state index in [1.807, 2.05) is 5.38 Å². The third kappa shape index (κ3) is 4.18. The normalized spacial score (nSPS) is 10.6. The van der Waals surface area contributed by atoms with Crippen LogP contribution in [0.3, 0.4) is 0 Å². The van der Waals surface area contributed by atoms with Crippen LogP contribution in [-0.4, -0.2) is 11.0 Å². The number of carbonyl (C=O) groups is 1. The fraction of sp³-hybridized carbons (Fsp3) is 0.158. The Bertz CT molecular complexity index is 913. The molecule has 25 heavy (non-hydrogen) atoms. The summed E-state index contributed by atoms with van der Waals surface area (Å²) < 4.78 is 0. The average Bonchev–Trinajstić information content (AvgIpc) is 2.94. The predicted octanol–water partition coefficient (Wildman–Crippen LogP) is 6.03. The largest absolute Gasteiger partial charge is 0.325 e.